The molecule has 0 aliphatic carbocycles. The van der Waals surface area contributed by atoms with Crippen LogP contribution in [0.2, 0.25) is 0 Å². The summed E-state index contributed by atoms with van der Waals surface area (Å²) in [6.07, 6.45) is 4.00. The van der Waals surface area contributed by atoms with Crippen LogP contribution in [-0.4, -0.2) is 226 Å². The summed E-state index contributed by atoms with van der Waals surface area (Å²) >= 11 is 0. The molecule has 88 heavy (non-hydrogen) atoms. The molecule has 498 valence electrons. The molecule has 12 amide bonds. The number of hydrogen-bond donors (Lipinski definition) is 5. The van der Waals surface area contributed by atoms with Crippen LogP contribution in [0.3, 0.4) is 0 Å². The SMILES string of the molecule is CC[C@H]1NC(=O)[C@H]([C@H](O)[C@H](C)CCCc2cccnc2)N(C)C(=O)C(C(C)C)N(C)C(=O)[C@@H](CC(C)C)N(C)C(=O)[C@@H](CC(C)C)N(C)C(=O)NC(=O)[C@@H](C)NC(=O)C(CC(C)C)N(C)C(=O)[C@@H](C(C)C)NC(=O)[C@H](CC(C)C)N(C)C(=O)CN(C)C1=O. The Hall–Kier alpha value is -6.72. The van der Waals surface area contributed by atoms with Crippen LogP contribution in [0.4, 0.5) is 4.79 Å². The highest BCUT2D eigenvalue weighted by Crippen LogP contribution is 2.26. The monoisotopic (exact) mass is 1240 g/mol. The zero-order valence-electron chi connectivity index (χ0n) is 57.0. The Kier molecular flexibility index (Phi) is 31.2. The lowest BCUT2D eigenvalue weighted by Gasteiger charge is -2.41. The van der Waals surface area contributed by atoms with Crippen LogP contribution in [0.15, 0.2) is 24.5 Å². The highest BCUT2D eigenvalue weighted by molar-refractivity contribution is 6.02. The lowest BCUT2D eigenvalue weighted by molar-refractivity contribution is -0.156. The zero-order valence-corrected chi connectivity index (χ0v) is 57.0. The normalized spacial score (nSPS) is 25.3. The first-order chi connectivity index (χ1) is 40.8. The molecule has 24 heteroatoms. The smallest absolute Gasteiger partial charge is 0.324 e. The number of aliphatic hydroxyl groups is 1. The van der Waals surface area contributed by atoms with Crippen molar-refractivity contribution in [1.29, 1.82) is 0 Å². The van der Waals surface area contributed by atoms with E-state index in [1.165, 1.54) is 75.9 Å². The van der Waals surface area contributed by atoms with Crippen LogP contribution in [-0.2, 0) is 54.4 Å². The van der Waals surface area contributed by atoms with Gasteiger partial charge in [0.25, 0.3) is 0 Å². The van der Waals surface area contributed by atoms with Gasteiger partial charge in [0.1, 0.15) is 54.4 Å². The molecule has 11 atom stereocenters. The summed E-state index contributed by atoms with van der Waals surface area (Å²) in [7, 11) is 9.77. The van der Waals surface area contributed by atoms with Crippen LogP contribution in [0.25, 0.3) is 0 Å². The van der Waals surface area contributed by atoms with Gasteiger partial charge in [-0.1, -0.05) is 103 Å². The highest BCUT2D eigenvalue weighted by atomic mass is 16.3. The second kappa shape index (κ2) is 35.5. The summed E-state index contributed by atoms with van der Waals surface area (Å²) in [4.78, 5) is 173. The molecule has 1 aromatic rings. The Labute approximate surface area is 524 Å². The average molecular weight is 1240 g/mol. The maximum Gasteiger partial charge on any atom is 0.324 e. The van der Waals surface area contributed by atoms with Crippen molar-refractivity contribution in [2.75, 3.05) is 55.9 Å². The number of amides is 12. The Morgan fingerprint density at radius 1 is 0.534 bits per heavy atom. The third kappa shape index (κ3) is 21.8. The fourth-order valence-corrected chi connectivity index (χ4v) is 11.1. The van der Waals surface area contributed by atoms with Crippen molar-refractivity contribution in [3.05, 3.63) is 30.1 Å². The van der Waals surface area contributed by atoms with Gasteiger partial charge in [0.05, 0.1) is 12.6 Å². The maximum absolute atomic E-state index is 15.3. The summed E-state index contributed by atoms with van der Waals surface area (Å²) in [5, 5.41) is 22.9. The molecular formula is C64H110N12O12. The van der Waals surface area contributed by atoms with Crippen LogP contribution < -0.4 is 21.3 Å². The summed E-state index contributed by atoms with van der Waals surface area (Å²) in [5.74, 6) is -9.57. The lowest BCUT2D eigenvalue weighted by Crippen LogP contribution is -2.63. The van der Waals surface area contributed by atoms with Gasteiger partial charge in [-0.25, -0.2) is 4.79 Å². The number of likely N-dealkylation sites (N-methyl/N-ethyl adjacent to an activating group) is 7. The number of rotatable bonds is 17. The minimum Gasteiger partial charge on any atom is -0.390 e. The van der Waals surface area contributed by atoms with E-state index < -0.39 is 150 Å². The molecule has 1 saturated heterocycles. The largest absolute Gasteiger partial charge is 0.390 e. The number of urea groups is 1. The van der Waals surface area contributed by atoms with E-state index in [2.05, 4.69) is 26.3 Å². The number of aromatic nitrogens is 1. The van der Waals surface area contributed by atoms with E-state index in [4.69, 9.17) is 0 Å². The molecule has 1 aromatic heterocycles. The van der Waals surface area contributed by atoms with Crippen molar-refractivity contribution in [1.82, 2.24) is 60.6 Å². The molecular weight excluding hydrogens is 1130 g/mol. The first-order valence-corrected chi connectivity index (χ1v) is 31.5. The predicted molar refractivity (Wildman–Crippen MR) is 337 cm³/mol. The molecule has 0 aromatic carbocycles. The molecule has 1 aliphatic heterocycles. The molecule has 2 unspecified atom stereocenters. The van der Waals surface area contributed by atoms with Crippen molar-refractivity contribution in [3.63, 3.8) is 0 Å². The third-order valence-electron chi connectivity index (χ3n) is 16.7. The molecule has 2 heterocycles. The van der Waals surface area contributed by atoms with Gasteiger partial charge in [0, 0.05) is 61.7 Å². The van der Waals surface area contributed by atoms with Crippen molar-refractivity contribution in [2.24, 2.45) is 41.4 Å². The van der Waals surface area contributed by atoms with Crippen LogP contribution in [0.5, 0.6) is 0 Å². The van der Waals surface area contributed by atoms with Gasteiger partial charge in [0.15, 0.2) is 0 Å². The number of nitrogens with zero attached hydrogens (tertiary/aromatic N) is 8. The fourth-order valence-electron chi connectivity index (χ4n) is 11.1. The van der Waals surface area contributed by atoms with E-state index in [1.807, 2.05) is 67.5 Å². The number of pyridine rings is 1. The van der Waals surface area contributed by atoms with E-state index in [9.17, 15) is 48.3 Å². The second-order valence-electron chi connectivity index (χ2n) is 26.8. The van der Waals surface area contributed by atoms with Crippen molar-refractivity contribution < 1.29 is 57.8 Å². The number of hydrogen-bond acceptors (Lipinski definition) is 13. The van der Waals surface area contributed by atoms with Crippen LogP contribution in [0.1, 0.15) is 154 Å². The van der Waals surface area contributed by atoms with Gasteiger partial charge in [-0.15, -0.1) is 0 Å². The number of carbonyl (C=O) groups is 11. The number of aryl methyl sites for hydroxylation is 1. The number of aliphatic hydroxyl groups excluding tert-OH is 1. The molecule has 0 saturated carbocycles. The van der Waals surface area contributed by atoms with E-state index in [0.717, 1.165) is 20.3 Å². The minimum absolute atomic E-state index is 0.0161. The summed E-state index contributed by atoms with van der Waals surface area (Å²) in [5.41, 5.74) is 0.964. The number of nitrogens with one attached hydrogen (secondary N) is 4. The Bertz CT molecular complexity index is 2530. The number of imide groups is 1. The van der Waals surface area contributed by atoms with Crippen molar-refractivity contribution in [3.8, 4) is 0 Å². The Morgan fingerprint density at radius 2 is 1.01 bits per heavy atom. The molecule has 24 nitrogen and oxygen atoms in total. The van der Waals surface area contributed by atoms with E-state index >= 15 is 9.59 Å². The summed E-state index contributed by atoms with van der Waals surface area (Å²) in [6, 6.07) is -8.70. The third-order valence-corrected chi connectivity index (χ3v) is 16.7. The fraction of sp³-hybridized carbons (Fsp3) is 0.750. The van der Waals surface area contributed by atoms with Gasteiger partial charge in [-0.2, -0.15) is 0 Å². The van der Waals surface area contributed by atoms with E-state index in [1.54, 1.807) is 53.9 Å². The van der Waals surface area contributed by atoms with E-state index in [0.29, 0.717) is 19.3 Å². The average Bonchev–Trinajstić information content (AvgIpc) is 2.46. The Balaban J connectivity index is 2.96. The van der Waals surface area contributed by atoms with Gasteiger partial charge in [-0.3, -0.25) is 58.2 Å². The molecule has 0 radical (unpaired) electrons. The zero-order chi connectivity index (χ0) is 67.5. The Morgan fingerprint density at radius 3 is 1.50 bits per heavy atom. The van der Waals surface area contributed by atoms with Gasteiger partial charge >= 0.3 is 6.03 Å². The van der Waals surface area contributed by atoms with Crippen LogP contribution >= 0.6 is 0 Å². The summed E-state index contributed by atoms with van der Waals surface area (Å²) in [6.45, 7) is 25.9. The minimum atomic E-state index is -1.63. The van der Waals surface area contributed by atoms with Crippen molar-refractivity contribution in [2.45, 2.75) is 216 Å². The number of carbonyl (C=O) groups excluding carboxylic acids is 11. The molecule has 1 aliphatic rings. The maximum atomic E-state index is 15.3. The van der Waals surface area contributed by atoms with Crippen LogP contribution in [0, 0.1) is 41.4 Å². The van der Waals surface area contributed by atoms with Crippen molar-refractivity contribution >= 4 is 65.1 Å². The highest BCUT2D eigenvalue weighted by Gasteiger charge is 2.45. The molecule has 2 rings (SSSR count). The second-order valence-corrected chi connectivity index (χ2v) is 26.8. The topological polar surface area (TPSA) is 292 Å². The molecule has 0 spiro atoms. The molecule has 0 bridgehead atoms. The molecule has 5 N–H and O–H groups in total. The van der Waals surface area contributed by atoms with Gasteiger partial charge in [0.2, 0.25) is 59.1 Å². The van der Waals surface area contributed by atoms with Gasteiger partial charge < -0.3 is 55.4 Å². The molecule has 1 fully saturated rings. The van der Waals surface area contributed by atoms with Gasteiger partial charge in [-0.05, 0) is 111 Å². The predicted octanol–water partition coefficient (Wildman–Crippen LogP) is 3.93. The first kappa shape index (κ1) is 77.4. The summed E-state index contributed by atoms with van der Waals surface area (Å²) < 4.78 is 0. The standard InChI is InChI=1S/C64H110N12O12/c1-23-45-59(83)70(16)35-50(77)71(17)46(30-36(2)3)57(81)68-51(40(10)11)62(86)72(18)47(31-37(4)5)56(80)66-43(15)55(79)69-64(88)74(20)49(33-39(8)9)60(84)73(19)48(32-38(6)7)61(85)75(21)52(41(12)13)63(87)76(22)53(58(82)67-45)54(78)42(14)26-24-27-44-28-25-29-65-34-44/h25,28-29,34,36-43,45-49,51-54,78H,23-24,26-27,30-33,35H2,1-22H3,(H,66,80)(H,67,82)(H,68,81)(H,69,79,88)/t42-,43-,45-,46+,47?,48-,49-,51-,52?,53+,54-/m1/s1. The first-order valence-electron chi connectivity index (χ1n) is 31.5. The quantitative estimate of drug-likeness (QED) is 0.148. The lowest BCUT2D eigenvalue weighted by atomic mass is 9.90. The van der Waals surface area contributed by atoms with E-state index in [-0.39, 0.29) is 55.8 Å².